The second-order valence-electron chi connectivity index (χ2n) is 5.51. The van der Waals surface area contributed by atoms with Crippen LogP contribution in [0.25, 0.3) is 0 Å². The number of amides is 2. The molecule has 0 heterocycles. The lowest BCUT2D eigenvalue weighted by molar-refractivity contribution is -0.137. The number of methoxy groups -OCH3 is 1. The first-order valence-corrected chi connectivity index (χ1v) is 7.44. The van der Waals surface area contributed by atoms with Gasteiger partial charge >= 0.3 is 5.97 Å². The van der Waals surface area contributed by atoms with E-state index in [1.165, 1.54) is 26.3 Å². The minimum Gasteiger partial charge on any atom is -0.497 e. The second-order valence-corrected chi connectivity index (χ2v) is 5.51. The quantitative estimate of drug-likeness (QED) is 0.741. The molecule has 1 aromatic rings. The highest BCUT2D eigenvalue weighted by Crippen LogP contribution is 2.18. The zero-order valence-corrected chi connectivity index (χ0v) is 13.5. The van der Waals surface area contributed by atoms with Crippen LogP contribution in [0, 0.1) is 5.82 Å². The zero-order chi connectivity index (χ0) is 17.7. The molecule has 2 rings (SSSR count). The number of nitrogens with zero attached hydrogens (tertiary/aromatic N) is 1. The molecular weight excluding hydrogens is 319 g/mol. The van der Waals surface area contributed by atoms with Gasteiger partial charge in [0.15, 0.2) is 6.61 Å². The Labute approximate surface area is 138 Å². The molecule has 1 saturated carbocycles. The standard InChI is InChI=1S/C16H19FN2O5/c1-19(8-14(20)18-10-3-4-10)15(21)9-24-16(22)12-6-5-11(23-2)7-13(12)17/h5-7,10H,3-4,8-9H2,1-2H3,(H,18,20). The van der Waals surface area contributed by atoms with Gasteiger partial charge in [-0.05, 0) is 25.0 Å². The monoisotopic (exact) mass is 338 g/mol. The van der Waals surface area contributed by atoms with Crippen LogP contribution in [-0.4, -0.2) is 56.0 Å². The minimum atomic E-state index is -0.959. The van der Waals surface area contributed by atoms with Gasteiger partial charge in [0.25, 0.3) is 5.91 Å². The Morgan fingerprint density at radius 3 is 2.62 bits per heavy atom. The van der Waals surface area contributed by atoms with Crippen LogP contribution in [0.4, 0.5) is 4.39 Å². The Hall–Kier alpha value is -2.64. The van der Waals surface area contributed by atoms with Crippen molar-refractivity contribution in [1.82, 2.24) is 10.2 Å². The summed E-state index contributed by atoms with van der Waals surface area (Å²) in [4.78, 5) is 36.4. The fourth-order valence-corrected chi connectivity index (χ4v) is 1.91. The molecule has 8 heteroatoms. The molecule has 130 valence electrons. The van der Waals surface area contributed by atoms with E-state index >= 15 is 0 Å². The summed E-state index contributed by atoms with van der Waals surface area (Å²) in [7, 11) is 2.80. The van der Waals surface area contributed by atoms with Crippen molar-refractivity contribution in [3.63, 3.8) is 0 Å². The van der Waals surface area contributed by atoms with E-state index in [1.54, 1.807) is 0 Å². The number of carbonyl (C=O) groups is 3. The summed E-state index contributed by atoms with van der Waals surface area (Å²) in [6, 6.07) is 3.88. The van der Waals surface area contributed by atoms with Crippen molar-refractivity contribution >= 4 is 17.8 Å². The number of ether oxygens (including phenoxy) is 2. The summed E-state index contributed by atoms with van der Waals surface area (Å²) in [5, 5.41) is 2.75. The van der Waals surface area contributed by atoms with E-state index in [2.05, 4.69) is 5.32 Å². The number of hydrogen-bond donors (Lipinski definition) is 1. The Morgan fingerprint density at radius 1 is 1.33 bits per heavy atom. The maximum atomic E-state index is 13.7. The van der Waals surface area contributed by atoms with Crippen LogP contribution in [0.15, 0.2) is 18.2 Å². The van der Waals surface area contributed by atoms with Crippen LogP contribution in [0.5, 0.6) is 5.75 Å². The van der Waals surface area contributed by atoms with Crippen LogP contribution in [-0.2, 0) is 14.3 Å². The van der Waals surface area contributed by atoms with Gasteiger partial charge in [-0.15, -0.1) is 0 Å². The minimum absolute atomic E-state index is 0.121. The predicted molar refractivity (Wildman–Crippen MR) is 82.0 cm³/mol. The lowest BCUT2D eigenvalue weighted by atomic mass is 10.2. The van der Waals surface area contributed by atoms with E-state index in [4.69, 9.17) is 9.47 Å². The molecule has 0 aromatic heterocycles. The number of halogens is 1. The molecule has 1 N–H and O–H groups in total. The summed E-state index contributed by atoms with van der Waals surface area (Å²) < 4.78 is 23.4. The van der Waals surface area contributed by atoms with Crippen LogP contribution in [0.2, 0.25) is 0 Å². The third-order valence-corrected chi connectivity index (χ3v) is 3.47. The van der Waals surface area contributed by atoms with Crippen molar-refractivity contribution in [2.45, 2.75) is 18.9 Å². The molecule has 0 unspecified atom stereocenters. The summed E-state index contributed by atoms with van der Waals surface area (Å²) in [5.74, 6) is -2.31. The topological polar surface area (TPSA) is 84.9 Å². The van der Waals surface area contributed by atoms with E-state index in [9.17, 15) is 18.8 Å². The number of likely N-dealkylation sites (N-methyl/N-ethyl adjacent to an activating group) is 1. The van der Waals surface area contributed by atoms with Crippen molar-refractivity contribution in [2.75, 3.05) is 27.3 Å². The molecule has 0 radical (unpaired) electrons. The van der Waals surface area contributed by atoms with Crippen LogP contribution >= 0.6 is 0 Å². The average molecular weight is 338 g/mol. The summed E-state index contributed by atoms with van der Waals surface area (Å²) in [6.07, 6.45) is 1.91. The molecule has 0 atom stereocenters. The first-order chi connectivity index (χ1) is 11.4. The molecule has 0 spiro atoms. The molecule has 0 aliphatic heterocycles. The highest BCUT2D eigenvalue weighted by atomic mass is 19.1. The van der Waals surface area contributed by atoms with Gasteiger partial charge in [-0.3, -0.25) is 9.59 Å². The summed E-state index contributed by atoms with van der Waals surface area (Å²) in [6.45, 7) is -0.693. The summed E-state index contributed by atoms with van der Waals surface area (Å²) in [5.41, 5.74) is -0.294. The van der Waals surface area contributed by atoms with Crippen LogP contribution in [0.1, 0.15) is 23.2 Å². The van der Waals surface area contributed by atoms with Gasteiger partial charge in [0.05, 0.1) is 19.2 Å². The van der Waals surface area contributed by atoms with Gasteiger partial charge in [-0.1, -0.05) is 0 Å². The molecule has 1 aliphatic carbocycles. The highest BCUT2D eigenvalue weighted by molar-refractivity contribution is 5.92. The molecule has 24 heavy (non-hydrogen) atoms. The van der Waals surface area contributed by atoms with Gasteiger partial charge in [-0.2, -0.15) is 0 Å². The third kappa shape index (κ3) is 4.94. The third-order valence-electron chi connectivity index (χ3n) is 3.47. The molecule has 0 saturated heterocycles. The zero-order valence-electron chi connectivity index (χ0n) is 13.5. The lowest BCUT2D eigenvalue weighted by Crippen LogP contribution is -2.40. The smallest absolute Gasteiger partial charge is 0.341 e. The number of benzene rings is 1. The van der Waals surface area contributed by atoms with Crippen LogP contribution in [0.3, 0.4) is 0 Å². The molecule has 1 aliphatic rings. The Balaban J connectivity index is 1.81. The molecule has 1 aromatic carbocycles. The Kier molecular flexibility index (Phi) is 5.73. The SMILES string of the molecule is COc1ccc(C(=O)OCC(=O)N(C)CC(=O)NC2CC2)c(F)c1. The summed E-state index contributed by atoms with van der Waals surface area (Å²) >= 11 is 0. The maximum Gasteiger partial charge on any atom is 0.341 e. The Bertz CT molecular complexity index is 645. The number of esters is 1. The van der Waals surface area contributed by atoms with Crippen molar-refractivity contribution < 1.29 is 28.2 Å². The highest BCUT2D eigenvalue weighted by Gasteiger charge is 2.24. The van der Waals surface area contributed by atoms with E-state index in [0.29, 0.717) is 0 Å². The fraction of sp³-hybridized carbons (Fsp3) is 0.438. The maximum absolute atomic E-state index is 13.7. The Morgan fingerprint density at radius 2 is 2.04 bits per heavy atom. The number of nitrogens with one attached hydrogen (secondary N) is 1. The number of carbonyl (C=O) groups excluding carboxylic acids is 3. The van der Waals surface area contributed by atoms with Crippen molar-refractivity contribution in [1.29, 1.82) is 0 Å². The van der Waals surface area contributed by atoms with Crippen molar-refractivity contribution in [3.8, 4) is 5.75 Å². The predicted octanol–water partition coefficient (Wildman–Crippen LogP) is 0.728. The van der Waals surface area contributed by atoms with E-state index in [-0.39, 0.29) is 29.8 Å². The van der Waals surface area contributed by atoms with Crippen molar-refractivity contribution in [2.24, 2.45) is 0 Å². The fourth-order valence-electron chi connectivity index (χ4n) is 1.91. The average Bonchev–Trinajstić information content (AvgIpc) is 3.35. The first-order valence-electron chi connectivity index (χ1n) is 7.44. The van der Waals surface area contributed by atoms with E-state index in [0.717, 1.165) is 23.8 Å². The van der Waals surface area contributed by atoms with Crippen molar-refractivity contribution in [3.05, 3.63) is 29.6 Å². The normalized spacial score (nSPS) is 13.1. The first kappa shape index (κ1) is 17.7. The largest absolute Gasteiger partial charge is 0.497 e. The number of hydrogen-bond acceptors (Lipinski definition) is 5. The molecule has 2 amide bonds. The van der Waals surface area contributed by atoms with Crippen LogP contribution < -0.4 is 10.1 Å². The second kappa shape index (κ2) is 7.76. The van der Waals surface area contributed by atoms with E-state index < -0.39 is 24.3 Å². The van der Waals surface area contributed by atoms with Gasteiger partial charge in [0.1, 0.15) is 11.6 Å². The number of rotatable bonds is 7. The molecule has 7 nitrogen and oxygen atoms in total. The van der Waals surface area contributed by atoms with E-state index in [1.807, 2.05) is 0 Å². The van der Waals surface area contributed by atoms with Gasteiger partial charge in [0, 0.05) is 19.2 Å². The molecule has 1 fully saturated rings. The lowest BCUT2D eigenvalue weighted by Gasteiger charge is -2.16. The van der Waals surface area contributed by atoms with Gasteiger partial charge in [-0.25, -0.2) is 9.18 Å². The van der Waals surface area contributed by atoms with Gasteiger partial charge < -0.3 is 19.7 Å². The molecule has 0 bridgehead atoms. The molecular formula is C16H19FN2O5. The van der Waals surface area contributed by atoms with Gasteiger partial charge in [0.2, 0.25) is 5.91 Å².